The van der Waals surface area contributed by atoms with Gasteiger partial charge in [0.2, 0.25) is 0 Å². The van der Waals surface area contributed by atoms with Crippen LogP contribution in [0.4, 0.5) is 5.82 Å². The third-order valence-corrected chi connectivity index (χ3v) is 9.94. The molecule has 4 heteroatoms. The van der Waals surface area contributed by atoms with Gasteiger partial charge in [-0.3, -0.25) is 4.90 Å². The second-order valence-corrected chi connectivity index (χ2v) is 12.8. The van der Waals surface area contributed by atoms with Crippen LogP contribution in [0.25, 0.3) is 0 Å². The van der Waals surface area contributed by atoms with E-state index in [4.69, 9.17) is 4.98 Å². The molecule has 0 radical (unpaired) electrons. The maximum absolute atomic E-state index is 9.31. The van der Waals surface area contributed by atoms with Gasteiger partial charge in [-0.1, -0.05) is 33.8 Å². The predicted octanol–water partition coefficient (Wildman–Crippen LogP) is 5.18. The second-order valence-electron chi connectivity index (χ2n) is 12.8. The first-order valence-corrected chi connectivity index (χ1v) is 13.3. The molecule has 2 heterocycles. The van der Waals surface area contributed by atoms with Crippen LogP contribution >= 0.6 is 0 Å². The van der Waals surface area contributed by atoms with Crippen molar-refractivity contribution in [3.63, 3.8) is 0 Å². The number of aliphatic hydroxyl groups excluding tert-OH is 1. The van der Waals surface area contributed by atoms with E-state index in [2.05, 4.69) is 55.7 Å². The fourth-order valence-electron chi connectivity index (χ4n) is 7.35. The Labute approximate surface area is 195 Å². The lowest BCUT2D eigenvalue weighted by Crippen LogP contribution is -2.47. The lowest BCUT2D eigenvalue weighted by Gasteiger charge is -2.56. The van der Waals surface area contributed by atoms with Crippen LogP contribution in [0.3, 0.4) is 0 Å². The summed E-state index contributed by atoms with van der Waals surface area (Å²) in [5.41, 5.74) is 2.30. The van der Waals surface area contributed by atoms with Crippen molar-refractivity contribution >= 4 is 5.82 Å². The summed E-state index contributed by atoms with van der Waals surface area (Å²) in [7, 11) is 0. The van der Waals surface area contributed by atoms with Crippen LogP contribution in [0.1, 0.15) is 77.8 Å². The summed E-state index contributed by atoms with van der Waals surface area (Å²) in [6.45, 7) is 16.0. The van der Waals surface area contributed by atoms with E-state index in [1.165, 1.54) is 56.6 Å². The first-order valence-electron chi connectivity index (χ1n) is 13.3. The summed E-state index contributed by atoms with van der Waals surface area (Å²) in [5, 5.41) is 9.31. The minimum absolute atomic E-state index is 0.374. The van der Waals surface area contributed by atoms with Gasteiger partial charge in [0.1, 0.15) is 5.82 Å². The van der Waals surface area contributed by atoms with Crippen molar-refractivity contribution in [1.29, 1.82) is 0 Å². The Hall–Kier alpha value is -1.13. The molecule has 0 spiro atoms. The standard InChI is InChI=1S/C28H45N3O/c1-27(2)10-11-28(3,4)24-17-20(8-9-23(24)27)25-6-5-7-26(29-25)31-14-12-30(13-15-31)18-21-16-22(21)19-32/h5-7,20-24,32H,8-19H2,1-4H3. The number of aliphatic hydroxyl groups is 1. The molecule has 0 bridgehead atoms. The monoisotopic (exact) mass is 439 g/mol. The number of rotatable bonds is 5. The summed E-state index contributed by atoms with van der Waals surface area (Å²) in [4.78, 5) is 10.3. The highest BCUT2D eigenvalue weighted by atomic mass is 16.3. The number of fused-ring (bicyclic) bond motifs is 1. The van der Waals surface area contributed by atoms with E-state index in [1.54, 1.807) is 0 Å². The molecule has 5 rings (SSSR count). The molecule has 1 N–H and O–H groups in total. The molecule has 1 aliphatic heterocycles. The van der Waals surface area contributed by atoms with Gasteiger partial charge in [0.05, 0.1) is 0 Å². The summed E-state index contributed by atoms with van der Waals surface area (Å²) >= 11 is 0. The third-order valence-electron chi connectivity index (χ3n) is 9.94. The first-order chi connectivity index (χ1) is 15.3. The van der Waals surface area contributed by atoms with E-state index in [9.17, 15) is 5.11 Å². The largest absolute Gasteiger partial charge is 0.396 e. The van der Waals surface area contributed by atoms with Crippen LogP contribution in [0.15, 0.2) is 18.2 Å². The Morgan fingerprint density at radius 2 is 1.62 bits per heavy atom. The van der Waals surface area contributed by atoms with Crippen molar-refractivity contribution < 1.29 is 5.11 Å². The quantitative estimate of drug-likeness (QED) is 0.686. The first kappa shape index (κ1) is 22.7. The number of pyridine rings is 1. The molecule has 5 unspecified atom stereocenters. The highest BCUT2D eigenvalue weighted by molar-refractivity contribution is 5.40. The number of aromatic nitrogens is 1. The zero-order valence-corrected chi connectivity index (χ0v) is 20.9. The van der Waals surface area contributed by atoms with Gasteiger partial charge in [0.15, 0.2) is 0 Å². The average molecular weight is 440 g/mol. The topological polar surface area (TPSA) is 39.6 Å². The summed E-state index contributed by atoms with van der Waals surface area (Å²) in [6.07, 6.45) is 7.96. The van der Waals surface area contributed by atoms with Gasteiger partial charge in [-0.15, -0.1) is 0 Å². The minimum Gasteiger partial charge on any atom is -0.396 e. The van der Waals surface area contributed by atoms with Gasteiger partial charge in [-0.05, 0) is 85.2 Å². The van der Waals surface area contributed by atoms with E-state index in [0.29, 0.717) is 29.3 Å². The fraction of sp³-hybridized carbons (Fsp3) is 0.821. The molecule has 0 amide bonds. The maximum atomic E-state index is 9.31. The lowest BCUT2D eigenvalue weighted by molar-refractivity contribution is -0.0501. The smallest absolute Gasteiger partial charge is 0.128 e. The van der Waals surface area contributed by atoms with Gasteiger partial charge < -0.3 is 10.0 Å². The molecule has 4 fully saturated rings. The highest BCUT2D eigenvalue weighted by Crippen LogP contribution is 2.59. The van der Waals surface area contributed by atoms with E-state index in [1.807, 2.05) is 0 Å². The Bertz CT molecular complexity index is 798. The number of hydrogen-bond donors (Lipinski definition) is 1. The predicted molar refractivity (Wildman–Crippen MR) is 132 cm³/mol. The van der Waals surface area contributed by atoms with Crippen LogP contribution in [0.2, 0.25) is 0 Å². The Morgan fingerprint density at radius 1 is 0.906 bits per heavy atom. The molecule has 4 nitrogen and oxygen atoms in total. The molecule has 1 saturated heterocycles. The molecule has 3 saturated carbocycles. The van der Waals surface area contributed by atoms with Crippen molar-refractivity contribution in [1.82, 2.24) is 9.88 Å². The second kappa shape index (κ2) is 8.58. The van der Waals surface area contributed by atoms with Crippen molar-refractivity contribution in [2.75, 3.05) is 44.2 Å². The fourth-order valence-corrected chi connectivity index (χ4v) is 7.35. The molecule has 3 aliphatic carbocycles. The summed E-state index contributed by atoms with van der Waals surface area (Å²) in [6, 6.07) is 6.77. The van der Waals surface area contributed by atoms with E-state index in [0.717, 1.165) is 43.9 Å². The summed E-state index contributed by atoms with van der Waals surface area (Å²) in [5.74, 6) is 4.81. The lowest BCUT2D eigenvalue weighted by atomic mass is 9.49. The molecule has 1 aromatic heterocycles. The molecule has 32 heavy (non-hydrogen) atoms. The summed E-state index contributed by atoms with van der Waals surface area (Å²) < 4.78 is 0. The van der Waals surface area contributed by atoms with Gasteiger partial charge >= 0.3 is 0 Å². The third kappa shape index (κ3) is 4.46. The molecule has 1 aromatic rings. The van der Waals surface area contributed by atoms with Crippen molar-refractivity contribution in [2.45, 2.75) is 72.1 Å². The van der Waals surface area contributed by atoms with Gasteiger partial charge in [0.25, 0.3) is 0 Å². The number of nitrogens with zero attached hydrogens (tertiary/aromatic N) is 3. The molecule has 0 aromatic carbocycles. The Kier molecular flexibility index (Phi) is 6.07. The zero-order chi connectivity index (χ0) is 22.5. The van der Waals surface area contributed by atoms with Crippen molar-refractivity contribution in [3.05, 3.63) is 23.9 Å². The van der Waals surface area contributed by atoms with Crippen LogP contribution in [-0.4, -0.2) is 54.3 Å². The van der Waals surface area contributed by atoms with Crippen LogP contribution in [-0.2, 0) is 0 Å². The van der Waals surface area contributed by atoms with Gasteiger partial charge in [0, 0.05) is 50.9 Å². The van der Waals surface area contributed by atoms with E-state index >= 15 is 0 Å². The SMILES string of the molecule is CC1(C)CCC(C)(C)C2CC(c3cccc(N4CCN(CC5CC5CO)CC4)n3)CCC21. The normalized spacial score (nSPS) is 36.5. The van der Waals surface area contributed by atoms with Gasteiger partial charge in [-0.25, -0.2) is 4.98 Å². The number of piperazine rings is 1. The molecule has 4 aliphatic rings. The Balaban J connectivity index is 1.22. The van der Waals surface area contributed by atoms with Crippen LogP contribution in [0, 0.1) is 34.5 Å². The highest BCUT2D eigenvalue weighted by Gasteiger charge is 2.50. The molecular weight excluding hydrogens is 394 g/mol. The minimum atomic E-state index is 0.374. The Morgan fingerprint density at radius 3 is 2.31 bits per heavy atom. The average Bonchev–Trinajstić information content (AvgIpc) is 3.55. The van der Waals surface area contributed by atoms with Crippen LogP contribution < -0.4 is 4.90 Å². The molecule has 178 valence electrons. The van der Waals surface area contributed by atoms with Crippen molar-refractivity contribution in [3.8, 4) is 0 Å². The molecule has 5 atom stereocenters. The van der Waals surface area contributed by atoms with E-state index in [-0.39, 0.29) is 0 Å². The van der Waals surface area contributed by atoms with Crippen molar-refractivity contribution in [2.24, 2.45) is 34.5 Å². The van der Waals surface area contributed by atoms with Crippen LogP contribution in [0.5, 0.6) is 0 Å². The maximum Gasteiger partial charge on any atom is 0.128 e. The number of hydrogen-bond acceptors (Lipinski definition) is 4. The molecular formula is C28H45N3O. The number of anilines is 1. The van der Waals surface area contributed by atoms with Gasteiger partial charge in [-0.2, -0.15) is 0 Å². The zero-order valence-electron chi connectivity index (χ0n) is 20.9. The van der Waals surface area contributed by atoms with E-state index < -0.39 is 0 Å².